The van der Waals surface area contributed by atoms with Gasteiger partial charge in [0.05, 0.1) is 17.8 Å². The molecule has 4 aromatic rings. The molecule has 13 heteroatoms. The summed E-state index contributed by atoms with van der Waals surface area (Å²) in [5, 5.41) is 19.5. The van der Waals surface area contributed by atoms with Crippen LogP contribution in [0.2, 0.25) is 0 Å². The largest absolute Gasteiger partial charge is 0.479 e. The van der Waals surface area contributed by atoms with Gasteiger partial charge in [0.15, 0.2) is 0 Å². The second-order valence-electron chi connectivity index (χ2n) is 15.9. The number of carboxylic acids is 1. The number of imidazole rings is 1. The predicted molar refractivity (Wildman–Crippen MR) is 210 cm³/mol. The van der Waals surface area contributed by atoms with Gasteiger partial charge in [-0.05, 0) is 88.8 Å². The summed E-state index contributed by atoms with van der Waals surface area (Å²) in [5.41, 5.74) is 2.95. The Morgan fingerprint density at radius 1 is 1.05 bits per heavy atom. The fourth-order valence-corrected chi connectivity index (χ4v) is 9.64. The number of benzene rings is 2. The van der Waals surface area contributed by atoms with E-state index in [2.05, 4.69) is 29.9 Å². The number of ether oxygens (including phenoxy) is 1. The Labute approximate surface area is 324 Å². The van der Waals surface area contributed by atoms with Gasteiger partial charge in [-0.25, -0.2) is 14.2 Å². The van der Waals surface area contributed by atoms with E-state index in [1.54, 1.807) is 23.5 Å². The van der Waals surface area contributed by atoms with Crippen molar-refractivity contribution in [1.82, 2.24) is 24.8 Å². The Kier molecular flexibility index (Phi) is 10.4. The third kappa shape index (κ3) is 7.47. The fourth-order valence-electron chi connectivity index (χ4n) is 8.71. The monoisotopic (exact) mass is 768 g/mol. The summed E-state index contributed by atoms with van der Waals surface area (Å²) in [6.45, 7) is 4.23. The molecule has 5 atom stereocenters. The Morgan fingerprint density at radius 2 is 1.84 bits per heavy atom. The highest BCUT2D eigenvalue weighted by molar-refractivity contribution is 7.13. The lowest BCUT2D eigenvalue weighted by Crippen LogP contribution is -2.55. The first kappa shape index (κ1) is 37.2. The third-order valence-electron chi connectivity index (χ3n) is 11.8. The minimum atomic E-state index is -1.41. The maximum atomic E-state index is 14.6. The smallest absolute Gasteiger partial charge is 0.330 e. The molecule has 0 radical (unpaired) electrons. The third-order valence-corrected chi connectivity index (χ3v) is 12.7. The molecule has 8 rings (SSSR count). The van der Waals surface area contributed by atoms with E-state index in [0.717, 1.165) is 53.0 Å². The SMILES string of the molecule is CC(C)n1c(O[C@@H]2C[C@H]3C(=O)N[C@]4(C(=O)O)C[C@H]4/C=C\CCCCC[C@H](Nc4ccc(F)cc4)C(=O)N3C2)nc2c(-c3nc(C4CCCC4)cs3)cccc21. The van der Waals surface area contributed by atoms with Crippen molar-refractivity contribution in [2.45, 2.75) is 120 Å². The van der Waals surface area contributed by atoms with Crippen LogP contribution in [0, 0.1) is 11.7 Å². The zero-order valence-corrected chi connectivity index (χ0v) is 32.2. The van der Waals surface area contributed by atoms with E-state index in [1.165, 1.54) is 42.7 Å². The lowest BCUT2D eigenvalue weighted by Gasteiger charge is -2.30. The number of amides is 2. The molecule has 2 aliphatic carbocycles. The minimum Gasteiger partial charge on any atom is -0.479 e. The van der Waals surface area contributed by atoms with E-state index >= 15 is 0 Å². The Bertz CT molecular complexity index is 2090. The van der Waals surface area contributed by atoms with Gasteiger partial charge in [0.1, 0.15) is 40.1 Å². The molecule has 4 aliphatic rings. The second kappa shape index (κ2) is 15.4. The fraction of sp³-hybridized carbons (Fsp3) is 0.500. The molecule has 2 aliphatic heterocycles. The number of anilines is 1. The van der Waals surface area contributed by atoms with Gasteiger partial charge in [0.25, 0.3) is 6.01 Å². The van der Waals surface area contributed by atoms with Crippen LogP contribution < -0.4 is 15.4 Å². The predicted octanol–water partition coefficient (Wildman–Crippen LogP) is 7.85. The van der Waals surface area contributed by atoms with Crippen molar-refractivity contribution >= 4 is 45.8 Å². The van der Waals surface area contributed by atoms with Crippen LogP contribution in [0.15, 0.2) is 60.0 Å². The topological polar surface area (TPSA) is 139 Å². The standard InChI is InChI=1S/C42H49FN6O5S/c1-25(2)49-34-16-10-14-31(38-45-33(24-55-38)26-11-8-9-12-26)36(34)46-41(49)54-30-21-35-37(50)47-42(40(52)53)22-27(42)13-6-4-3-5-7-15-32(39(51)48(35)23-30)44-29-19-17-28(43)18-20-29/h6,10,13-14,16-20,24-27,30,32,35,44H,3-5,7-9,11-12,15,21-23H2,1-2H3,(H,47,50)(H,52,53)/b13-6-/t27-,30-,32+,35+,42-/m1/s1. The van der Waals surface area contributed by atoms with Gasteiger partial charge in [0.2, 0.25) is 11.8 Å². The van der Waals surface area contributed by atoms with Gasteiger partial charge in [-0.2, -0.15) is 4.98 Å². The molecule has 3 fully saturated rings. The van der Waals surface area contributed by atoms with E-state index in [0.29, 0.717) is 30.5 Å². The Morgan fingerprint density at radius 3 is 2.60 bits per heavy atom. The number of rotatable bonds is 8. The first-order chi connectivity index (χ1) is 26.6. The molecule has 290 valence electrons. The molecule has 1 saturated heterocycles. The zero-order valence-electron chi connectivity index (χ0n) is 31.4. The molecule has 0 spiro atoms. The van der Waals surface area contributed by atoms with E-state index < -0.39 is 35.6 Å². The first-order valence-corrected chi connectivity index (χ1v) is 20.7. The number of fused-ring (bicyclic) bond motifs is 3. The number of thiazole rings is 1. The van der Waals surface area contributed by atoms with Gasteiger partial charge in [-0.15, -0.1) is 11.3 Å². The van der Waals surface area contributed by atoms with E-state index in [4.69, 9.17) is 14.7 Å². The van der Waals surface area contributed by atoms with Crippen molar-refractivity contribution in [1.29, 1.82) is 0 Å². The minimum absolute atomic E-state index is 0.0167. The van der Waals surface area contributed by atoms with Gasteiger partial charge < -0.3 is 25.4 Å². The summed E-state index contributed by atoms with van der Waals surface area (Å²) >= 11 is 1.64. The first-order valence-electron chi connectivity index (χ1n) is 19.8. The lowest BCUT2D eigenvalue weighted by atomic mass is 10.0. The number of carbonyl (C=O) groups excluding carboxylic acids is 2. The molecule has 3 N–H and O–H groups in total. The summed E-state index contributed by atoms with van der Waals surface area (Å²) in [5.74, 6) is -2.09. The molecule has 55 heavy (non-hydrogen) atoms. The average molecular weight is 769 g/mol. The number of aromatic nitrogens is 3. The summed E-state index contributed by atoms with van der Waals surface area (Å²) in [6, 6.07) is 10.7. The number of allylic oxidation sites excluding steroid dienone is 1. The molecule has 11 nitrogen and oxygen atoms in total. The number of hydrogen-bond acceptors (Lipinski definition) is 8. The number of carbonyl (C=O) groups is 3. The van der Waals surface area contributed by atoms with Gasteiger partial charge >= 0.3 is 5.97 Å². The van der Waals surface area contributed by atoms with Crippen molar-refractivity contribution in [3.05, 3.63) is 71.5 Å². The van der Waals surface area contributed by atoms with Crippen LogP contribution >= 0.6 is 11.3 Å². The number of para-hydroxylation sites is 1. The van der Waals surface area contributed by atoms with Crippen LogP contribution in [0.25, 0.3) is 21.6 Å². The van der Waals surface area contributed by atoms with Crippen LogP contribution in [0.3, 0.4) is 0 Å². The summed E-state index contributed by atoms with van der Waals surface area (Å²) in [7, 11) is 0. The normalized spacial score (nSPS) is 26.9. The lowest BCUT2D eigenvalue weighted by molar-refractivity contribution is -0.145. The maximum Gasteiger partial charge on any atom is 0.330 e. The number of nitrogens with zero attached hydrogens (tertiary/aromatic N) is 4. The highest BCUT2D eigenvalue weighted by Crippen LogP contribution is 2.46. The average Bonchev–Trinajstić information content (AvgIpc) is 3.76. The molecular weight excluding hydrogens is 720 g/mol. The van der Waals surface area contributed by atoms with Crippen LogP contribution in [-0.2, 0) is 14.4 Å². The maximum absolute atomic E-state index is 14.6. The molecule has 2 aromatic carbocycles. The van der Waals surface area contributed by atoms with Crippen LogP contribution in [0.4, 0.5) is 10.1 Å². The van der Waals surface area contributed by atoms with Crippen molar-refractivity contribution in [2.24, 2.45) is 5.92 Å². The van der Waals surface area contributed by atoms with E-state index in [1.807, 2.05) is 34.9 Å². The van der Waals surface area contributed by atoms with E-state index in [-0.39, 0.29) is 36.6 Å². The number of carboxylic acid groups (broad SMARTS) is 1. The van der Waals surface area contributed by atoms with Crippen LogP contribution in [0.1, 0.15) is 102 Å². The number of hydrogen-bond donors (Lipinski definition) is 3. The number of nitrogens with one attached hydrogen (secondary N) is 2. The van der Waals surface area contributed by atoms with Gasteiger partial charge in [0, 0.05) is 40.9 Å². The second-order valence-corrected chi connectivity index (χ2v) is 16.8. The van der Waals surface area contributed by atoms with Gasteiger partial charge in [-0.1, -0.05) is 43.9 Å². The highest BCUT2D eigenvalue weighted by atomic mass is 32.1. The van der Waals surface area contributed by atoms with Crippen molar-refractivity contribution in [3.8, 4) is 16.6 Å². The summed E-state index contributed by atoms with van der Waals surface area (Å²) < 4.78 is 22.6. The molecule has 4 heterocycles. The van der Waals surface area contributed by atoms with E-state index in [9.17, 15) is 23.9 Å². The quantitative estimate of drug-likeness (QED) is 0.154. The zero-order chi connectivity index (χ0) is 38.3. The number of halogens is 1. The molecule has 2 amide bonds. The van der Waals surface area contributed by atoms with Crippen molar-refractivity contribution in [2.75, 3.05) is 11.9 Å². The molecule has 0 bridgehead atoms. The van der Waals surface area contributed by atoms with Crippen LogP contribution in [-0.4, -0.2) is 72.6 Å². The van der Waals surface area contributed by atoms with Crippen molar-refractivity contribution < 1.29 is 28.6 Å². The Balaban J connectivity index is 1.11. The Hall–Kier alpha value is -4.78. The number of aliphatic carboxylic acids is 1. The molecule has 0 unspecified atom stereocenters. The molecular formula is C42H49FN6O5S. The highest BCUT2D eigenvalue weighted by Gasteiger charge is 2.61. The molecule has 2 aromatic heterocycles. The molecule has 2 saturated carbocycles. The van der Waals surface area contributed by atoms with Crippen molar-refractivity contribution in [3.63, 3.8) is 0 Å². The van der Waals surface area contributed by atoms with Gasteiger partial charge in [-0.3, -0.25) is 14.2 Å². The summed E-state index contributed by atoms with van der Waals surface area (Å²) in [6.07, 6.45) is 12.4. The van der Waals surface area contributed by atoms with Crippen LogP contribution in [0.5, 0.6) is 6.01 Å². The summed E-state index contributed by atoms with van der Waals surface area (Å²) in [4.78, 5) is 53.1.